The molecule has 5 nitrogen and oxygen atoms in total. The number of aromatic hydroxyl groups is 1. The van der Waals surface area contributed by atoms with Crippen molar-refractivity contribution in [3.05, 3.63) is 57.6 Å². The monoisotopic (exact) mass is 439 g/mol. The van der Waals surface area contributed by atoms with E-state index in [2.05, 4.69) is 19.2 Å². The van der Waals surface area contributed by atoms with Gasteiger partial charge in [0.2, 0.25) is 5.91 Å². The van der Waals surface area contributed by atoms with Crippen molar-refractivity contribution in [3.63, 3.8) is 0 Å². The van der Waals surface area contributed by atoms with E-state index in [9.17, 15) is 14.7 Å². The lowest BCUT2D eigenvalue weighted by atomic mass is 9.70. The molecule has 0 radical (unpaired) electrons. The Kier molecular flexibility index (Phi) is 5.77. The molecule has 1 fully saturated rings. The third-order valence-electron chi connectivity index (χ3n) is 6.82. The summed E-state index contributed by atoms with van der Waals surface area (Å²) in [5.74, 6) is 1.04. The highest BCUT2D eigenvalue weighted by Gasteiger charge is 2.34. The summed E-state index contributed by atoms with van der Waals surface area (Å²) in [6, 6.07) is 7.80. The molecule has 2 aliphatic rings. The second kappa shape index (κ2) is 8.23. The molecule has 1 aliphatic carbocycles. The number of carbonyl (C=O) groups is 2. The SMILES string of the molecule is Cc1c(C)c2c(c(C)c1O)CCC(C)(COc1ccc(CC3SC(=O)NC3=O)cc1)C2. The highest BCUT2D eigenvalue weighted by atomic mass is 32.2. The number of rotatable bonds is 5. The first-order valence-electron chi connectivity index (χ1n) is 10.7. The van der Waals surface area contributed by atoms with Crippen LogP contribution in [0.25, 0.3) is 0 Å². The second-order valence-corrected chi connectivity index (χ2v) is 10.4. The molecule has 2 aromatic carbocycles. The lowest BCUT2D eigenvalue weighted by molar-refractivity contribution is -0.118. The number of phenols is 1. The highest BCUT2D eigenvalue weighted by Crippen LogP contribution is 2.42. The van der Waals surface area contributed by atoms with Gasteiger partial charge in [0.25, 0.3) is 5.24 Å². The average Bonchev–Trinajstić information content (AvgIpc) is 3.06. The Labute approximate surface area is 187 Å². The molecule has 2 N–H and O–H groups in total. The zero-order valence-electron chi connectivity index (χ0n) is 18.5. The maximum absolute atomic E-state index is 11.7. The van der Waals surface area contributed by atoms with Crippen LogP contribution in [-0.2, 0) is 24.1 Å². The smallest absolute Gasteiger partial charge is 0.286 e. The van der Waals surface area contributed by atoms with Crippen molar-refractivity contribution in [2.45, 2.75) is 58.6 Å². The van der Waals surface area contributed by atoms with E-state index in [1.807, 2.05) is 38.1 Å². The van der Waals surface area contributed by atoms with Gasteiger partial charge in [0.1, 0.15) is 11.5 Å². The summed E-state index contributed by atoms with van der Waals surface area (Å²) >= 11 is 1.05. The predicted octanol–water partition coefficient (Wildman–Crippen LogP) is 4.79. The number of phenolic OH excluding ortho intramolecular Hbond substituents is 1. The molecule has 164 valence electrons. The number of hydrogen-bond acceptors (Lipinski definition) is 5. The van der Waals surface area contributed by atoms with E-state index in [1.54, 1.807) is 0 Å². The molecule has 2 aromatic rings. The van der Waals surface area contributed by atoms with Gasteiger partial charge in [-0.25, -0.2) is 0 Å². The van der Waals surface area contributed by atoms with Gasteiger partial charge in [0.05, 0.1) is 11.9 Å². The largest absolute Gasteiger partial charge is 0.507 e. The Hall–Kier alpha value is -2.47. The van der Waals surface area contributed by atoms with Gasteiger partial charge >= 0.3 is 0 Å². The van der Waals surface area contributed by atoms with Gasteiger partial charge in [-0.2, -0.15) is 0 Å². The lowest BCUT2D eigenvalue weighted by Gasteiger charge is -2.37. The van der Waals surface area contributed by atoms with Crippen LogP contribution in [-0.4, -0.2) is 28.1 Å². The average molecular weight is 440 g/mol. The van der Waals surface area contributed by atoms with Crippen molar-refractivity contribution in [2.24, 2.45) is 5.41 Å². The van der Waals surface area contributed by atoms with Crippen molar-refractivity contribution in [1.82, 2.24) is 5.32 Å². The molecule has 0 saturated carbocycles. The lowest BCUT2D eigenvalue weighted by Crippen LogP contribution is -2.33. The van der Waals surface area contributed by atoms with Crippen LogP contribution in [0.5, 0.6) is 11.5 Å². The van der Waals surface area contributed by atoms with E-state index in [0.29, 0.717) is 18.8 Å². The number of amides is 2. The van der Waals surface area contributed by atoms with Crippen molar-refractivity contribution in [3.8, 4) is 11.5 Å². The fraction of sp³-hybridized carbons (Fsp3) is 0.440. The van der Waals surface area contributed by atoms with Gasteiger partial charge in [-0.05, 0) is 92.0 Å². The summed E-state index contributed by atoms with van der Waals surface area (Å²) in [7, 11) is 0. The molecular weight excluding hydrogens is 410 g/mol. The van der Waals surface area contributed by atoms with Crippen molar-refractivity contribution >= 4 is 22.9 Å². The minimum atomic E-state index is -0.352. The van der Waals surface area contributed by atoms with Gasteiger partial charge in [-0.15, -0.1) is 0 Å². The summed E-state index contributed by atoms with van der Waals surface area (Å²) in [5, 5.41) is 12.1. The summed E-state index contributed by atoms with van der Waals surface area (Å²) in [4.78, 5) is 23.1. The molecule has 0 aromatic heterocycles. The first-order chi connectivity index (χ1) is 14.7. The minimum Gasteiger partial charge on any atom is -0.507 e. The van der Waals surface area contributed by atoms with E-state index in [0.717, 1.165) is 53.5 Å². The van der Waals surface area contributed by atoms with Crippen molar-refractivity contribution in [1.29, 1.82) is 0 Å². The van der Waals surface area contributed by atoms with E-state index in [-0.39, 0.29) is 21.8 Å². The molecule has 6 heteroatoms. The highest BCUT2D eigenvalue weighted by molar-refractivity contribution is 8.15. The number of carbonyl (C=O) groups excluding carboxylic acids is 2. The zero-order valence-corrected chi connectivity index (χ0v) is 19.3. The van der Waals surface area contributed by atoms with Gasteiger partial charge in [0, 0.05) is 5.41 Å². The van der Waals surface area contributed by atoms with E-state index in [1.165, 1.54) is 16.7 Å². The summed E-state index contributed by atoms with van der Waals surface area (Å²) in [6.07, 6.45) is 3.44. The maximum atomic E-state index is 11.7. The molecule has 0 bridgehead atoms. The second-order valence-electron chi connectivity index (χ2n) is 9.19. The predicted molar refractivity (Wildman–Crippen MR) is 123 cm³/mol. The van der Waals surface area contributed by atoms with Crippen LogP contribution >= 0.6 is 11.8 Å². The number of ether oxygens (including phenoxy) is 1. The summed E-state index contributed by atoms with van der Waals surface area (Å²) < 4.78 is 6.16. The summed E-state index contributed by atoms with van der Waals surface area (Å²) in [6.45, 7) is 9.01. The van der Waals surface area contributed by atoms with Crippen LogP contribution in [0.3, 0.4) is 0 Å². The third-order valence-corrected chi connectivity index (χ3v) is 7.80. The third kappa shape index (κ3) is 4.31. The zero-order chi connectivity index (χ0) is 22.3. The number of thioether (sulfide) groups is 1. The topological polar surface area (TPSA) is 75.6 Å². The fourth-order valence-corrected chi connectivity index (χ4v) is 5.50. The van der Waals surface area contributed by atoms with Crippen LogP contribution in [0.2, 0.25) is 0 Å². The molecule has 0 spiro atoms. The van der Waals surface area contributed by atoms with Gasteiger partial charge in [0.15, 0.2) is 0 Å². The molecule has 4 rings (SSSR count). The Bertz CT molecular complexity index is 1050. The van der Waals surface area contributed by atoms with Gasteiger partial charge in [-0.1, -0.05) is 30.8 Å². The van der Waals surface area contributed by atoms with Crippen molar-refractivity contribution in [2.75, 3.05) is 6.61 Å². The molecule has 2 unspecified atom stereocenters. The molecule has 1 heterocycles. The van der Waals surface area contributed by atoms with E-state index < -0.39 is 0 Å². The molecule has 31 heavy (non-hydrogen) atoms. The molecule has 1 saturated heterocycles. The number of hydrogen-bond donors (Lipinski definition) is 2. The summed E-state index contributed by atoms with van der Waals surface area (Å²) in [5.41, 5.74) is 6.90. The number of imide groups is 1. The van der Waals surface area contributed by atoms with E-state index in [4.69, 9.17) is 4.74 Å². The Morgan fingerprint density at radius 3 is 2.45 bits per heavy atom. The Morgan fingerprint density at radius 1 is 1.10 bits per heavy atom. The molecular formula is C25H29NO4S. The van der Waals surface area contributed by atoms with Crippen LogP contribution in [0.15, 0.2) is 24.3 Å². The number of benzene rings is 2. The molecule has 2 atom stereocenters. The Morgan fingerprint density at radius 2 is 1.81 bits per heavy atom. The fourth-order valence-electron chi connectivity index (χ4n) is 4.64. The normalized spacial score (nSPS) is 22.9. The maximum Gasteiger partial charge on any atom is 0.286 e. The van der Waals surface area contributed by atoms with Crippen LogP contribution in [0.1, 0.15) is 46.7 Å². The van der Waals surface area contributed by atoms with Crippen LogP contribution < -0.4 is 10.1 Å². The first kappa shape index (κ1) is 21.8. The van der Waals surface area contributed by atoms with Gasteiger partial charge < -0.3 is 9.84 Å². The van der Waals surface area contributed by atoms with Gasteiger partial charge in [-0.3, -0.25) is 14.9 Å². The van der Waals surface area contributed by atoms with Crippen LogP contribution in [0.4, 0.5) is 4.79 Å². The first-order valence-corrected chi connectivity index (χ1v) is 11.6. The number of nitrogens with one attached hydrogen (secondary N) is 1. The minimum absolute atomic E-state index is 0.0330. The van der Waals surface area contributed by atoms with Crippen molar-refractivity contribution < 1.29 is 19.4 Å². The molecule has 1 aliphatic heterocycles. The van der Waals surface area contributed by atoms with E-state index >= 15 is 0 Å². The molecule has 2 amide bonds. The quantitative estimate of drug-likeness (QED) is 0.701. The van der Waals surface area contributed by atoms with Crippen LogP contribution in [0, 0.1) is 26.2 Å². The standard InChI is InChI=1S/C25H29NO4S/c1-14-15(2)22(27)16(3)19-9-10-25(4,12-20(14)19)13-30-18-7-5-17(6-8-18)11-21-23(28)26-24(29)31-21/h5-8,21,27H,9-13H2,1-4H3,(H,26,28,29). The Balaban J connectivity index is 1.41. The number of fused-ring (bicyclic) bond motifs is 1.